The van der Waals surface area contributed by atoms with Gasteiger partial charge >= 0.3 is 0 Å². The lowest BCUT2D eigenvalue weighted by molar-refractivity contribution is 0.152. The zero-order valence-electron chi connectivity index (χ0n) is 9.63. The highest BCUT2D eigenvalue weighted by molar-refractivity contribution is 6.30. The number of aryl methyl sites for hydroxylation is 2. The van der Waals surface area contributed by atoms with Crippen molar-refractivity contribution in [1.82, 2.24) is 14.7 Å². The average Bonchev–Trinajstić information content (AvgIpc) is 2.29. The Bertz CT molecular complexity index is 355. The molecule has 0 saturated heterocycles. The van der Waals surface area contributed by atoms with E-state index in [-0.39, 0.29) is 0 Å². The van der Waals surface area contributed by atoms with Gasteiger partial charge in [-0.1, -0.05) is 18.0 Å². The summed E-state index contributed by atoms with van der Waals surface area (Å²) >= 11 is 6.20. The Balaban J connectivity index is 2.09. The van der Waals surface area contributed by atoms with Crippen molar-refractivity contribution in [3.05, 3.63) is 16.4 Å². The van der Waals surface area contributed by atoms with E-state index in [2.05, 4.69) is 17.0 Å². The third-order valence-electron chi connectivity index (χ3n) is 3.38. The van der Waals surface area contributed by atoms with Gasteiger partial charge in [-0.3, -0.25) is 9.58 Å². The van der Waals surface area contributed by atoms with Gasteiger partial charge in [0.15, 0.2) is 0 Å². The van der Waals surface area contributed by atoms with E-state index in [1.165, 1.54) is 24.8 Å². The predicted molar refractivity (Wildman–Crippen MR) is 62.1 cm³/mol. The van der Waals surface area contributed by atoms with Gasteiger partial charge in [0.2, 0.25) is 0 Å². The molecular formula is C11H18ClN3. The van der Waals surface area contributed by atoms with Crippen molar-refractivity contribution in [3.8, 4) is 0 Å². The molecule has 0 radical (unpaired) electrons. The summed E-state index contributed by atoms with van der Waals surface area (Å²) in [6, 6.07) is 0.751. The van der Waals surface area contributed by atoms with Crippen molar-refractivity contribution in [1.29, 1.82) is 0 Å². The van der Waals surface area contributed by atoms with E-state index in [1.54, 1.807) is 4.68 Å². The lowest BCUT2D eigenvalue weighted by Gasteiger charge is -2.34. The van der Waals surface area contributed by atoms with Crippen molar-refractivity contribution in [3.63, 3.8) is 0 Å². The molecule has 4 heteroatoms. The average molecular weight is 228 g/mol. The molecule has 15 heavy (non-hydrogen) atoms. The molecule has 1 aromatic rings. The van der Waals surface area contributed by atoms with Crippen LogP contribution in [0.1, 0.15) is 30.5 Å². The van der Waals surface area contributed by atoms with E-state index < -0.39 is 0 Å². The lowest BCUT2D eigenvalue weighted by atomic mass is 9.91. The van der Waals surface area contributed by atoms with Crippen molar-refractivity contribution >= 4 is 11.6 Å². The molecule has 0 atom stereocenters. The summed E-state index contributed by atoms with van der Waals surface area (Å²) in [6.07, 6.45) is 4.02. The zero-order valence-corrected chi connectivity index (χ0v) is 10.4. The minimum absolute atomic E-state index is 0.751. The molecule has 1 saturated carbocycles. The summed E-state index contributed by atoms with van der Waals surface area (Å²) in [5.41, 5.74) is 2.22. The molecule has 1 heterocycles. The van der Waals surface area contributed by atoms with Gasteiger partial charge in [0.05, 0.1) is 5.69 Å². The maximum atomic E-state index is 6.20. The van der Waals surface area contributed by atoms with E-state index in [1.807, 2.05) is 14.0 Å². The maximum absolute atomic E-state index is 6.20. The Morgan fingerprint density at radius 2 is 2.20 bits per heavy atom. The Labute approximate surface area is 96.0 Å². The molecule has 0 amide bonds. The van der Waals surface area contributed by atoms with Gasteiger partial charge in [0.25, 0.3) is 0 Å². The topological polar surface area (TPSA) is 21.1 Å². The fraction of sp³-hybridized carbons (Fsp3) is 0.727. The standard InChI is InChI=1S/C11H18ClN3/c1-8-10(11(12)15(3)13-8)7-14(2)9-5-4-6-9/h9H,4-7H2,1-3H3. The van der Waals surface area contributed by atoms with Crippen LogP contribution in [0.4, 0.5) is 0 Å². The van der Waals surface area contributed by atoms with Crippen molar-refractivity contribution in [2.45, 2.75) is 38.8 Å². The highest BCUT2D eigenvalue weighted by atomic mass is 35.5. The molecule has 0 aliphatic heterocycles. The molecule has 2 rings (SSSR count). The second-order valence-electron chi connectivity index (χ2n) is 4.48. The van der Waals surface area contributed by atoms with E-state index in [0.717, 1.165) is 23.4 Å². The highest BCUT2D eigenvalue weighted by Crippen LogP contribution is 2.27. The number of hydrogen-bond acceptors (Lipinski definition) is 2. The highest BCUT2D eigenvalue weighted by Gasteiger charge is 2.23. The molecule has 1 aliphatic carbocycles. The molecule has 0 N–H and O–H groups in total. The van der Waals surface area contributed by atoms with Crippen LogP contribution in [-0.2, 0) is 13.6 Å². The number of nitrogens with zero attached hydrogens (tertiary/aromatic N) is 3. The molecule has 1 aliphatic rings. The molecule has 0 bridgehead atoms. The van der Waals surface area contributed by atoms with Gasteiger partial charge in [-0.05, 0) is 26.8 Å². The Hall–Kier alpha value is -0.540. The van der Waals surface area contributed by atoms with E-state index in [9.17, 15) is 0 Å². The fourth-order valence-corrected chi connectivity index (χ4v) is 2.29. The monoisotopic (exact) mass is 227 g/mol. The van der Waals surface area contributed by atoms with Gasteiger partial charge in [-0.25, -0.2) is 0 Å². The van der Waals surface area contributed by atoms with Gasteiger partial charge in [0.1, 0.15) is 5.15 Å². The summed E-state index contributed by atoms with van der Waals surface area (Å²) in [5.74, 6) is 0. The van der Waals surface area contributed by atoms with Crippen LogP contribution in [0.15, 0.2) is 0 Å². The summed E-state index contributed by atoms with van der Waals surface area (Å²) in [6.45, 7) is 2.94. The minimum Gasteiger partial charge on any atom is -0.299 e. The molecule has 0 aromatic carbocycles. The lowest BCUT2D eigenvalue weighted by Crippen LogP contribution is -2.36. The van der Waals surface area contributed by atoms with Crippen molar-refractivity contribution < 1.29 is 0 Å². The summed E-state index contributed by atoms with van der Waals surface area (Å²) in [4.78, 5) is 2.39. The fourth-order valence-electron chi connectivity index (χ4n) is 2.06. The Kier molecular flexibility index (Phi) is 3.03. The largest absolute Gasteiger partial charge is 0.299 e. The summed E-state index contributed by atoms with van der Waals surface area (Å²) in [5, 5.41) is 5.10. The van der Waals surface area contributed by atoms with Crippen LogP contribution in [0.25, 0.3) is 0 Å². The molecule has 1 fully saturated rings. The first kappa shape index (κ1) is 11.0. The van der Waals surface area contributed by atoms with Gasteiger partial charge in [-0.2, -0.15) is 5.10 Å². The van der Waals surface area contributed by atoms with E-state index >= 15 is 0 Å². The molecular weight excluding hydrogens is 210 g/mol. The maximum Gasteiger partial charge on any atom is 0.131 e. The molecule has 84 valence electrons. The smallest absolute Gasteiger partial charge is 0.131 e. The second kappa shape index (κ2) is 4.14. The third-order valence-corrected chi connectivity index (χ3v) is 3.85. The van der Waals surface area contributed by atoms with Crippen LogP contribution >= 0.6 is 11.6 Å². The van der Waals surface area contributed by atoms with E-state index in [4.69, 9.17) is 11.6 Å². The number of aromatic nitrogens is 2. The summed E-state index contributed by atoms with van der Waals surface area (Å²) in [7, 11) is 4.06. The molecule has 0 spiro atoms. The summed E-state index contributed by atoms with van der Waals surface area (Å²) < 4.78 is 1.75. The second-order valence-corrected chi connectivity index (χ2v) is 4.84. The Morgan fingerprint density at radius 3 is 2.60 bits per heavy atom. The third kappa shape index (κ3) is 2.04. The van der Waals surface area contributed by atoms with Gasteiger partial charge < -0.3 is 0 Å². The first-order chi connectivity index (χ1) is 7.09. The number of hydrogen-bond donors (Lipinski definition) is 0. The number of halogens is 1. The van der Waals surface area contributed by atoms with Crippen molar-refractivity contribution in [2.75, 3.05) is 7.05 Å². The number of rotatable bonds is 3. The van der Waals surface area contributed by atoms with Crippen LogP contribution in [0, 0.1) is 6.92 Å². The van der Waals surface area contributed by atoms with Gasteiger partial charge in [-0.15, -0.1) is 0 Å². The van der Waals surface area contributed by atoms with Crippen molar-refractivity contribution in [2.24, 2.45) is 7.05 Å². The molecule has 1 aromatic heterocycles. The van der Waals surface area contributed by atoms with Crippen LogP contribution in [-0.4, -0.2) is 27.8 Å². The first-order valence-electron chi connectivity index (χ1n) is 5.48. The predicted octanol–water partition coefficient (Wildman–Crippen LogP) is 2.37. The van der Waals surface area contributed by atoms with Crippen LogP contribution in [0.2, 0.25) is 5.15 Å². The zero-order chi connectivity index (χ0) is 11.0. The normalized spacial score (nSPS) is 17.1. The SMILES string of the molecule is Cc1nn(C)c(Cl)c1CN(C)C1CCC1. The van der Waals surface area contributed by atoms with Crippen LogP contribution in [0.5, 0.6) is 0 Å². The van der Waals surface area contributed by atoms with Gasteiger partial charge in [0, 0.05) is 25.2 Å². The van der Waals surface area contributed by atoms with Crippen LogP contribution < -0.4 is 0 Å². The quantitative estimate of drug-likeness (QED) is 0.791. The first-order valence-corrected chi connectivity index (χ1v) is 5.85. The molecule has 3 nitrogen and oxygen atoms in total. The minimum atomic E-state index is 0.751. The molecule has 0 unspecified atom stereocenters. The Morgan fingerprint density at radius 1 is 1.53 bits per heavy atom. The van der Waals surface area contributed by atoms with E-state index in [0.29, 0.717) is 0 Å². The van der Waals surface area contributed by atoms with Crippen LogP contribution in [0.3, 0.4) is 0 Å².